The lowest BCUT2D eigenvalue weighted by Crippen LogP contribution is -2.30. The molecule has 0 unspecified atom stereocenters. The van der Waals surface area contributed by atoms with E-state index < -0.39 is 11.8 Å². The van der Waals surface area contributed by atoms with Crippen molar-refractivity contribution in [3.63, 3.8) is 0 Å². The molecule has 0 aliphatic rings. The third kappa shape index (κ3) is 8.62. The van der Waals surface area contributed by atoms with Crippen LogP contribution in [0, 0.1) is 6.92 Å². The van der Waals surface area contributed by atoms with Crippen molar-refractivity contribution in [3.8, 4) is 0 Å². The van der Waals surface area contributed by atoms with Crippen molar-refractivity contribution in [2.75, 3.05) is 16.4 Å². The van der Waals surface area contributed by atoms with Crippen LogP contribution >= 0.6 is 46.6 Å². The zero-order chi connectivity index (χ0) is 29.4. The van der Waals surface area contributed by atoms with Gasteiger partial charge in [0.05, 0.1) is 15.8 Å². The third-order valence-electron chi connectivity index (χ3n) is 5.77. The van der Waals surface area contributed by atoms with Crippen LogP contribution in [-0.2, 0) is 9.59 Å². The predicted molar refractivity (Wildman–Crippen MR) is 169 cm³/mol. The van der Waals surface area contributed by atoms with Gasteiger partial charge in [0, 0.05) is 26.9 Å². The number of anilines is 2. The number of thioether (sulfide) groups is 1. The van der Waals surface area contributed by atoms with Crippen LogP contribution in [0.2, 0.25) is 15.1 Å². The first-order valence-corrected chi connectivity index (χ1v) is 14.4. The summed E-state index contributed by atoms with van der Waals surface area (Å²) >= 11 is 19.8. The van der Waals surface area contributed by atoms with Crippen molar-refractivity contribution in [2.45, 2.75) is 11.8 Å². The van der Waals surface area contributed by atoms with E-state index in [0.29, 0.717) is 32.5 Å². The summed E-state index contributed by atoms with van der Waals surface area (Å²) in [5.74, 6) is -0.984. The molecule has 3 amide bonds. The molecule has 0 atom stereocenters. The minimum Gasteiger partial charge on any atom is -0.325 e. The number of aryl methyl sites for hydroxylation is 1. The van der Waals surface area contributed by atoms with Gasteiger partial charge in [0.25, 0.3) is 11.8 Å². The van der Waals surface area contributed by atoms with E-state index in [1.807, 2.05) is 13.0 Å². The van der Waals surface area contributed by atoms with Gasteiger partial charge in [-0.2, -0.15) is 0 Å². The number of hydrogen-bond acceptors (Lipinski definition) is 4. The molecule has 4 rings (SSSR count). The van der Waals surface area contributed by atoms with E-state index >= 15 is 0 Å². The Morgan fingerprint density at radius 1 is 0.829 bits per heavy atom. The molecule has 3 N–H and O–H groups in total. The smallest absolute Gasteiger partial charge is 0.272 e. The van der Waals surface area contributed by atoms with Gasteiger partial charge in [-0.1, -0.05) is 71.2 Å². The number of carbonyl (C=O) groups is 3. The second-order valence-corrected chi connectivity index (χ2v) is 11.1. The standard InChI is InChI=1S/C31H24Cl3N3O3S/c1-19-10-11-22(32)17-26(19)36-28(38)18-41-24-14-12-23(13-15-24)35-31(40)27(16-21-8-5-9-25(33)29(21)34)37-30(39)20-6-3-2-4-7-20/h2-17H,18H2,1H3,(H,35,40)(H,36,38)(H,37,39)/b27-16-. The Balaban J connectivity index is 1.43. The van der Waals surface area contributed by atoms with Crippen molar-refractivity contribution in [3.05, 3.63) is 128 Å². The lowest BCUT2D eigenvalue weighted by molar-refractivity contribution is -0.114. The van der Waals surface area contributed by atoms with Crippen LogP contribution in [0.3, 0.4) is 0 Å². The van der Waals surface area contributed by atoms with Gasteiger partial charge in [-0.3, -0.25) is 14.4 Å². The monoisotopic (exact) mass is 623 g/mol. The number of hydrogen-bond donors (Lipinski definition) is 3. The fraction of sp³-hybridized carbons (Fsp3) is 0.0645. The fourth-order valence-corrected chi connectivity index (χ4v) is 4.86. The molecule has 0 radical (unpaired) electrons. The van der Waals surface area contributed by atoms with E-state index in [4.69, 9.17) is 34.8 Å². The van der Waals surface area contributed by atoms with E-state index in [1.165, 1.54) is 17.8 Å². The number of benzene rings is 4. The van der Waals surface area contributed by atoms with Crippen molar-refractivity contribution in [1.29, 1.82) is 0 Å². The summed E-state index contributed by atoms with van der Waals surface area (Å²) in [6, 6.07) is 25.9. The molecule has 0 fully saturated rings. The average molecular weight is 625 g/mol. The predicted octanol–water partition coefficient (Wildman–Crippen LogP) is 8.10. The first kappa shape index (κ1) is 30.2. The minimum absolute atomic E-state index is 0.0190. The van der Waals surface area contributed by atoms with E-state index in [9.17, 15) is 14.4 Å². The maximum Gasteiger partial charge on any atom is 0.272 e. The molecule has 208 valence electrons. The van der Waals surface area contributed by atoms with Crippen LogP contribution in [0.4, 0.5) is 11.4 Å². The topological polar surface area (TPSA) is 87.3 Å². The van der Waals surface area contributed by atoms with Gasteiger partial charge in [0.1, 0.15) is 5.70 Å². The van der Waals surface area contributed by atoms with Crippen LogP contribution in [0.5, 0.6) is 0 Å². The van der Waals surface area contributed by atoms with Crippen molar-refractivity contribution < 1.29 is 14.4 Å². The summed E-state index contributed by atoms with van der Waals surface area (Å²) in [4.78, 5) is 39.4. The molecule has 6 nitrogen and oxygen atoms in total. The van der Waals surface area contributed by atoms with E-state index in [-0.39, 0.29) is 22.4 Å². The van der Waals surface area contributed by atoms with Crippen molar-refractivity contribution >= 4 is 81.7 Å². The van der Waals surface area contributed by atoms with Crippen LogP contribution in [0.1, 0.15) is 21.5 Å². The minimum atomic E-state index is -0.554. The van der Waals surface area contributed by atoms with Crippen molar-refractivity contribution in [1.82, 2.24) is 5.32 Å². The average Bonchev–Trinajstić information content (AvgIpc) is 2.97. The van der Waals surface area contributed by atoms with E-state index in [2.05, 4.69) is 16.0 Å². The molecule has 41 heavy (non-hydrogen) atoms. The third-order valence-corrected chi connectivity index (χ3v) is 7.85. The highest BCUT2D eigenvalue weighted by Crippen LogP contribution is 2.28. The summed E-state index contributed by atoms with van der Waals surface area (Å²) < 4.78 is 0. The zero-order valence-corrected chi connectivity index (χ0v) is 24.8. The van der Waals surface area contributed by atoms with Gasteiger partial charge < -0.3 is 16.0 Å². The number of carbonyl (C=O) groups excluding carboxylic acids is 3. The van der Waals surface area contributed by atoms with Crippen LogP contribution in [0.15, 0.2) is 102 Å². The molecule has 4 aromatic rings. The summed E-state index contributed by atoms with van der Waals surface area (Å²) in [5.41, 5.74) is 2.92. The normalized spacial score (nSPS) is 11.1. The Morgan fingerprint density at radius 2 is 1.56 bits per heavy atom. The number of amides is 3. The largest absolute Gasteiger partial charge is 0.325 e. The molecular weight excluding hydrogens is 601 g/mol. The van der Waals surface area contributed by atoms with Gasteiger partial charge in [0.2, 0.25) is 5.91 Å². The molecule has 0 spiro atoms. The van der Waals surface area contributed by atoms with Crippen molar-refractivity contribution in [2.24, 2.45) is 0 Å². The highest BCUT2D eigenvalue weighted by Gasteiger charge is 2.16. The maximum absolute atomic E-state index is 13.3. The molecule has 0 aliphatic heterocycles. The van der Waals surface area contributed by atoms with Crippen LogP contribution in [-0.4, -0.2) is 23.5 Å². The van der Waals surface area contributed by atoms with Gasteiger partial charge in [-0.25, -0.2) is 0 Å². The molecular formula is C31H24Cl3N3O3S. The fourth-order valence-electron chi connectivity index (χ4n) is 3.63. The highest BCUT2D eigenvalue weighted by atomic mass is 35.5. The molecule has 0 aromatic heterocycles. The maximum atomic E-state index is 13.3. The number of rotatable bonds is 9. The Bertz CT molecular complexity index is 1610. The first-order valence-electron chi connectivity index (χ1n) is 12.3. The Labute approximate surface area is 257 Å². The lowest BCUT2D eigenvalue weighted by Gasteiger charge is -2.12. The molecule has 0 saturated carbocycles. The second-order valence-electron chi connectivity index (χ2n) is 8.80. The summed E-state index contributed by atoms with van der Waals surface area (Å²) in [5, 5.41) is 9.45. The van der Waals surface area contributed by atoms with E-state index in [0.717, 1.165) is 10.5 Å². The van der Waals surface area contributed by atoms with Crippen LogP contribution in [0.25, 0.3) is 6.08 Å². The Morgan fingerprint density at radius 3 is 2.29 bits per heavy atom. The second kappa shape index (κ2) is 14.2. The molecule has 4 aromatic carbocycles. The molecule has 0 heterocycles. The zero-order valence-electron chi connectivity index (χ0n) is 21.7. The summed E-state index contributed by atoms with van der Waals surface area (Å²) in [6.45, 7) is 1.89. The SMILES string of the molecule is Cc1ccc(Cl)cc1NC(=O)CSc1ccc(NC(=O)/C(=C/c2cccc(Cl)c2Cl)NC(=O)c2ccccc2)cc1. The van der Waals surface area contributed by atoms with Crippen LogP contribution < -0.4 is 16.0 Å². The van der Waals surface area contributed by atoms with Gasteiger partial charge in [-0.05, 0) is 78.7 Å². The Hall–Kier alpha value is -3.75. The van der Waals surface area contributed by atoms with E-state index in [1.54, 1.807) is 84.9 Å². The Kier molecular flexibility index (Phi) is 10.5. The summed E-state index contributed by atoms with van der Waals surface area (Å²) in [7, 11) is 0. The molecule has 0 bridgehead atoms. The molecule has 0 saturated heterocycles. The van der Waals surface area contributed by atoms with Gasteiger partial charge in [0.15, 0.2) is 0 Å². The first-order chi connectivity index (χ1) is 19.7. The number of halogens is 3. The quantitative estimate of drug-likeness (QED) is 0.130. The molecule has 10 heteroatoms. The molecule has 0 aliphatic carbocycles. The number of nitrogens with one attached hydrogen (secondary N) is 3. The lowest BCUT2D eigenvalue weighted by atomic mass is 10.1. The summed E-state index contributed by atoms with van der Waals surface area (Å²) in [6.07, 6.45) is 1.47. The van der Waals surface area contributed by atoms with Gasteiger partial charge in [-0.15, -0.1) is 11.8 Å². The highest BCUT2D eigenvalue weighted by molar-refractivity contribution is 8.00. The van der Waals surface area contributed by atoms with Gasteiger partial charge >= 0.3 is 0 Å².